The number of para-hydroxylation sites is 2. The van der Waals surface area contributed by atoms with Crippen LogP contribution in [-0.2, 0) is 6.54 Å². The first kappa shape index (κ1) is 18.5. The summed E-state index contributed by atoms with van der Waals surface area (Å²) in [6.45, 7) is 4.66. The van der Waals surface area contributed by atoms with Gasteiger partial charge >= 0.3 is 0 Å². The lowest BCUT2D eigenvalue weighted by Gasteiger charge is -2.24. The Morgan fingerprint density at radius 2 is 2.07 bits per heavy atom. The molecule has 0 amide bonds. The van der Waals surface area contributed by atoms with Crippen LogP contribution >= 0.6 is 0 Å². The summed E-state index contributed by atoms with van der Waals surface area (Å²) in [5, 5.41) is 29.0. The minimum atomic E-state index is -0.116. The van der Waals surface area contributed by atoms with Crippen LogP contribution in [0.4, 0.5) is 5.69 Å². The fourth-order valence-corrected chi connectivity index (χ4v) is 3.94. The first-order valence-electron chi connectivity index (χ1n) is 9.30. The van der Waals surface area contributed by atoms with Crippen LogP contribution < -0.4 is 10.5 Å². The third-order valence-corrected chi connectivity index (χ3v) is 5.24. The highest BCUT2D eigenvalue weighted by molar-refractivity contribution is 5.62. The lowest BCUT2D eigenvalue weighted by atomic mass is 9.96. The molecule has 3 aromatic rings. The molecule has 0 spiro atoms. The number of hydrogen-bond donors (Lipinski definition) is 2. The maximum atomic E-state index is 11.5. The monoisotopic (exact) mass is 379 g/mol. The predicted molar refractivity (Wildman–Crippen MR) is 107 cm³/mol. The van der Waals surface area contributed by atoms with Gasteiger partial charge in [0.2, 0.25) is 0 Å². The average Bonchev–Trinajstić information content (AvgIpc) is 3.41. The first-order valence-corrected chi connectivity index (χ1v) is 9.30. The van der Waals surface area contributed by atoms with Crippen molar-refractivity contribution >= 4 is 5.69 Å². The molecule has 1 aromatic carbocycles. The number of hydrogen-bond acceptors (Lipinski definition) is 6. The van der Waals surface area contributed by atoms with Gasteiger partial charge in [0, 0.05) is 23.2 Å². The molecule has 1 aliphatic rings. The summed E-state index contributed by atoms with van der Waals surface area (Å²) in [5.74, 6) is 1.16. The molecule has 1 aliphatic carbocycles. The number of allylic oxidation sites excluding steroid dienone is 1. The van der Waals surface area contributed by atoms with Crippen LogP contribution in [0.25, 0.3) is 5.69 Å². The lowest BCUT2D eigenvalue weighted by molar-refractivity contribution is 0.296. The van der Waals surface area contributed by atoms with Gasteiger partial charge in [0.15, 0.2) is 0 Å². The van der Waals surface area contributed by atoms with E-state index in [1.54, 1.807) is 29.1 Å². The molecule has 2 N–H and O–H groups in total. The molecule has 0 aliphatic heterocycles. The lowest BCUT2D eigenvalue weighted by Crippen LogP contribution is -2.25. The van der Waals surface area contributed by atoms with E-state index in [1.807, 2.05) is 32.0 Å². The van der Waals surface area contributed by atoms with Gasteiger partial charge in [-0.25, -0.2) is 4.68 Å². The summed E-state index contributed by atoms with van der Waals surface area (Å²) in [4.78, 5) is 0. The highest BCUT2D eigenvalue weighted by Gasteiger charge is 2.26. The maximum absolute atomic E-state index is 11.5. The average molecular weight is 379 g/mol. The van der Waals surface area contributed by atoms with Crippen molar-refractivity contribution in [2.45, 2.75) is 38.8 Å². The van der Waals surface area contributed by atoms with E-state index in [9.17, 15) is 10.4 Å². The highest BCUT2D eigenvalue weighted by atomic mass is 16.8. The summed E-state index contributed by atoms with van der Waals surface area (Å²) >= 11 is 0. The van der Waals surface area contributed by atoms with E-state index >= 15 is 0 Å². The number of nitrogens with zero attached hydrogens (tertiary/aromatic N) is 3. The normalized spacial score (nSPS) is 18.7. The van der Waals surface area contributed by atoms with Gasteiger partial charge in [-0.2, -0.15) is 5.10 Å². The fraction of sp³-hybridized carbons (Fsp3) is 0.286. The molecule has 0 fully saturated rings. The second kappa shape index (κ2) is 7.63. The second-order valence-electron chi connectivity index (χ2n) is 7.05. The van der Waals surface area contributed by atoms with E-state index in [2.05, 4.69) is 22.6 Å². The van der Waals surface area contributed by atoms with Gasteiger partial charge < -0.3 is 20.2 Å². The van der Waals surface area contributed by atoms with Crippen LogP contribution in [0.1, 0.15) is 35.1 Å². The van der Waals surface area contributed by atoms with Crippen molar-refractivity contribution in [3.05, 3.63) is 82.7 Å². The molecule has 0 bridgehead atoms. The zero-order chi connectivity index (χ0) is 19.7. The summed E-state index contributed by atoms with van der Waals surface area (Å²) in [7, 11) is 0. The van der Waals surface area contributed by atoms with Crippen LogP contribution in [-0.4, -0.2) is 21.0 Å². The van der Waals surface area contributed by atoms with Crippen LogP contribution in [0.3, 0.4) is 0 Å². The van der Waals surface area contributed by atoms with Gasteiger partial charge in [0.05, 0.1) is 29.9 Å². The van der Waals surface area contributed by atoms with Crippen molar-refractivity contribution in [1.82, 2.24) is 15.1 Å². The molecule has 7 nitrogen and oxygen atoms in total. The third-order valence-electron chi connectivity index (χ3n) is 5.24. The summed E-state index contributed by atoms with van der Waals surface area (Å²) in [6, 6.07) is 11.0. The molecule has 7 heteroatoms. The number of benzene rings is 1. The number of anilines is 1. The predicted octanol–water partition coefficient (Wildman–Crippen LogP) is 3.98. The summed E-state index contributed by atoms with van der Waals surface area (Å²) in [5.41, 5.74) is 3.77. The van der Waals surface area contributed by atoms with Crippen molar-refractivity contribution in [2.75, 3.05) is 5.23 Å². The molecule has 0 saturated heterocycles. The Balaban J connectivity index is 1.55. The summed E-state index contributed by atoms with van der Waals surface area (Å²) < 4.78 is 7.11. The Hall–Kier alpha value is -2.87. The number of aromatic nitrogens is 2. The van der Waals surface area contributed by atoms with Crippen molar-refractivity contribution in [2.24, 2.45) is 0 Å². The molecule has 4 rings (SSSR count). The van der Waals surface area contributed by atoms with Crippen molar-refractivity contribution in [3.8, 4) is 5.69 Å². The molecule has 28 heavy (non-hydrogen) atoms. The molecule has 146 valence electrons. The molecular formula is C21H23N4O3-. The summed E-state index contributed by atoms with van der Waals surface area (Å²) in [6.07, 6.45) is 7.01. The number of nitrogens with one attached hydrogen (secondary N) is 1. The van der Waals surface area contributed by atoms with Crippen molar-refractivity contribution < 1.29 is 9.62 Å². The van der Waals surface area contributed by atoms with Crippen LogP contribution in [0.15, 0.2) is 59.2 Å². The van der Waals surface area contributed by atoms with Gasteiger partial charge in [0.1, 0.15) is 5.76 Å². The van der Waals surface area contributed by atoms with Gasteiger partial charge in [-0.1, -0.05) is 24.3 Å². The Kier molecular flexibility index (Phi) is 5.04. The van der Waals surface area contributed by atoms with Gasteiger partial charge in [-0.3, -0.25) is 5.21 Å². The zero-order valence-corrected chi connectivity index (χ0v) is 15.9. The van der Waals surface area contributed by atoms with E-state index < -0.39 is 0 Å². The smallest absolute Gasteiger partial charge is 0.117 e. The Morgan fingerprint density at radius 3 is 2.82 bits per heavy atom. The van der Waals surface area contributed by atoms with Crippen LogP contribution in [0, 0.1) is 19.1 Å². The van der Waals surface area contributed by atoms with E-state index in [0.29, 0.717) is 12.2 Å². The minimum Gasteiger partial charge on any atom is -0.733 e. The Morgan fingerprint density at radius 1 is 1.25 bits per heavy atom. The molecule has 2 heterocycles. The molecule has 2 atom stereocenters. The van der Waals surface area contributed by atoms with Crippen LogP contribution in [0.5, 0.6) is 0 Å². The molecule has 2 aromatic heterocycles. The molecule has 0 radical (unpaired) electrons. The standard InChI is InChI=1S/C21H23N4O3/c1-14-21(16-9-10-17(12-16)22-13-18-6-5-11-28-18)15(2)24(23-14)19-7-3-4-8-20(19)25(26)27/h3-11,16-17,22,26H,12-13H2,1-2H3/q-1/t16-,17-/m1/s1. The Bertz CT molecular complexity index is 976. The van der Waals surface area contributed by atoms with Crippen molar-refractivity contribution in [1.29, 1.82) is 0 Å². The fourth-order valence-electron chi connectivity index (χ4n) is 3.94. The molecule has 0 unspecified atom stereocenters. The topological polar surface area (TPSA) is 89.5 Å². The third kappa shape index (κ3) is 3.47. The van der Waals surface area contributed by atoms with Crippen molar-refractivity contribution in [3.63, 3.8) is 0 Å². The van der Waals surface area contributed by atoms with Gasteiger partial charge in [-0.05, 0) is 44.5 Å². The molecule has 0 saturated carbocycles. The molecular weight excluding hydrogens is 356 g/mol. The number of aryl methyl sites for hydroxylation is 1. The van der Waals surface area contributed by atoms with E-state index in [4.69, 9.17) is 4.42 Å². The van der Waals surface area contributed by atoms with E-state index in [0.717, 1.165) is 29.1 Å². The van der Waals surface area contributed by atoms with Gasteiger partial charge in [-0.15, -0.1) is 0 Å². The SMILES string of the molecule is Cc1nn(-c2ccccc2N([O-])O)c(C)c1[C@@H]1C=C[C@@H](NCc2ccco2)C1. The van der Waals surface area contributed by atoms with Gasteiger partial charge in [0.25, 0.3) is 0 Å². The first-order chi connectivity index (χ1) is 13.5. The van der Waals surface area contributed by atoms with Crippen LogP contribution in [0.2, 0.25) is 0 Å². The minimum absolute atomic E-state index is 0.116. The van der Waals surface area contributed by atoms with E-state index in [1.165, 1.54) is 0 Å². The zero-order valence-electron chi connectivity index (χ0n) is 15.9. The Labute approximate surface area is 163 Å². The quantitative estimate of drug-likeness (QED) is 0.497. The largest absolute Gasteiger partial charge is 0.733 e. The second-order valence-corrected chi connectivity index (χ2v) is 7.05. The highest BCUT2D eigenvalue weighted by Crippen LogP contribution is 2.35. The number of rotatable bonds is 6. The maximum Gasteiger partial charge on any atom is 0.117 e. The van der Waals surface area contributed by atoms with E-state index in [-0.39, 0.29) is 22.9 Å². The number of furan rings is 1.